The molecule has 0 aliphatic rings. The first kappa shape index (κ1) is 15.8. The van der Waals surface area contributed by atoms with Crippen LogP contribution < -0.4 is 9.46 Å². The highest BCUT2D eigenvalue weighted by Crippen LogP contribution is 2.31. The van der Waals surface area contributed by atoms with Gasteiger partial charge in [-0.05, 0) is 19.1 Å². The average Bonchev–Trinajstić information content (AvgIpc) is 2.41. The van der Waals surface area contributed by atoms with E-state index in [1.807, 2.05) is 0 Å². The van der Waals surface area contributed by atoms with Gasteiger partial charge in [-0.15, -0.1) is 0 Å². The number of rotatable bonds is 4. The minimum Gasteiger partial charge on any atom is -0.478 e. The highest BCUT2D eigenvalue weighted by atomic mass is 35.5. The van der Waals surface area contributed by atoms with E-state index in [4.69, 9.17) is 27.9 Å². The fourth-order valence-corrected chi connectivity index (χ4v) is 3.32. The van der Waals surface area contributed by atoms with Crippen LogP contribution in [0.15, 0.2) is 29.3 Å². The van der Waals surface area contributed by atoms with E-state index in [1.165, 1.54) is 31.5 Å². The molecule has 0 saturated carbocycles. The van der Waals surface area contributed by atoms with Crippen LogP contribution in [0.4, 0.5) is 5.82 Å². The topological polar surface area (TPSA) is 81.2 Å². The summed E-state index contributed by atoms with van der Waals surface area (Å²) < 4.78 is 32.0. The second kappa shape index (κ2) is 6.05. The number of aromatic nitrogens is 2. The summed E-state index contributed by atoms with van der Waals surface area (Å²) in [4.78, 5) is 7.85. The quantitative estimate of drug-likeness (QED) is 0.919. The van der Waals surface area contributed by atoms with Crippen molar-refractivity contribution in [3.63, 3.8) is 0 Å². The predicted molar refractivity (Wildman–Crippen MR) is 80.6 cm³/mol. The number of methoxy groups -OCH3 is 1. The second-order valence-corrected chi connectivity index (χ2v) is 6.46. The first-order valence-electron chi connectivity index (χ1n) is 5.69. The number of ether oxygens (including phenoxy) is 1. The fraction of sp³-hybridized carbons (Fsp3) is 0.167. The van der Waals surface area contributed by atoms with Gasteiger partial charge >= 0.3 is 0 Å². The van der Waals surface area contributed by atoms with Crippen LogP contribution in [0.25, 0.3) is 0 Å². The maximum absolute atomic E-state index is 12.4. The van der Waals surface area contributed by atoms with Gasteiger partial charge in [-0.25, -0.2) is 18.4 Å². The number of aryl methyl sites for hydroxylation is 1. The molecule has 0 fully saturated rings. The van der Waals surface area contributed by atoms with Crippen LogP contribution in [-0.4, -0.2) is 25.5 Å². The Balaban J connectivity index is 2.47. The Morgan fingerprint density at radius 1 is 1.29 bits per heavy atom. The van der Waals surface area contributed by atoms with E-state index in [0.29, 0.717) is 5.69 Å². The van der Waals surface area contributed by atoms with Crippen molar-refractivity contribution >= 4 is 39.0 Å². The van der Waals surface area contributed by atoms with Crippen molar-refractivity contribution in [2.24, 2.45) is 0 Å². The molecular weight excluding hydrogens is 337 g/mol. The van der Waals surface area contributed by atoms with Gasteiger partial charge in [0.2, 0.25) is 5.82 Å². The Morgan fingerprint density at radius 3 is 2.67 bits per heavy atom. The molecule has 21 heavy (non-hydrogen) atoms. The fourth-order valence-electron chi connectivity index (χ4n) is 1.56. The third kappa shape index (κ3) is 3.37. The zero-order valence-corrected chi connectivity index (χ0v) is 13.4. The Morgan fingerprint density at radius 2 is 2.00 bits per heavy atom. The molecule has 112 valence electrons. The van der Waals surface area contributed by atoms with Gasteiger partial charge in [0.15, 0.2) is 0 Å². The van der Waals surface area contributed by atoms with Crippen molar-refractivity contribution in [3.05, 3.63) is 40.1 Å². The van der Waals surface area contributed by atoms with Gasteiger partial charge < -0.3 is 4.74 Å². The van der Waals surface area contributed by atoms with E-state index in [1.54, 1.807) is 6.92 Å². The molecule has 0 bridgehead atoms. The van der Waals surface area contributed by atoms with Crippen LogP contribution in [0.3, 0.4) is 0 Å². The lowest BCUT2D eigenvalue weighted by Crippen LogP contribution is -2.16. The van der Waals surface area contributed by atoms with Crippen LogP contribution >= 0.6 is 23.2 Å². The Hall–Kier alpha value is -1.57. The van der Waals surface area contributed by atoms with E-state index < -0.39 is 10.0 Å². The standard InChI is InChI=1S/C12H11Cl2N3O3S/c1-7-6-15-12(20-2)11(16-7)17-21(18,19)9-5-3-4-8(13)10(9)14/h3-6H,1-2H3,(H,16,17). The number of nitrogens with zero attached hydrogens (tertiary/aromatic N) is 2. The van der Waals surface area contributed by atoms with Crippen molar-refractivity contribution in [1.82, 2.24) is 9.97 Å². The van der Waals surface area contributed by atoms with Crippen LogP contribution in [0.2, 0.25) is 10.0 Å². The lowest BCUT2D eigenvalue weighted by molar-refractivity contribution is 0.398. The molecule has 1 heterocycles. The molecule has 1 aromatic heterocycles. The van der Waals surface area contributed by atoms with E-state index in [2.05, 4.69) is 14.7 Å². The summed E-state index contributed by atoms with van der Waals surface area (Å²) in [6, 6.07) is 4.32. The molecule has 0 amide bonds. The van der Waals surface area contributed by atoms with Gasteiger partial charge in [0.05, 0.1) is 29.0 Å². The summed E-state index contributed by atoms with van der Waals surface area (Å²) in [7, 11) is -2.60. The van der Waals surface area contributed by atoms with E-state index in [9.17, 15) is 8.42 Å². The lowest BCUT2D eigenvalue weighted by atomic mass is 10.4. The first-order chi connectivity index (χ1) is 9.85. The van der Waals surface area contributed by atoms with Gasteiger partial charge in [0, 0.05) is 0 Å². The van der Waals surface area contributed by atoms with E-state index in [-0.39, 0.29) is 26.6 Å². The third-order valence-electron chi connectivity index (χ3n) is 2.49. The van der Waals surface area contributed by atoms with Crippen molar-refractivity contribution < 1.29 is 13.2 Å². The molecular formula is C12H11Cl2N3O3S. The van der Waals surface area contributed by atoms with Crippen LogP contribution in [0.5, 0.6) is 5.88 Å². The summed E-state index contributed by atoms with van der Waals surface area (Å²) in [6.45, 7) is 1.68. The highest BCUT2D eigenvalue weighted by molar-refractivity contribution is 7.92. The SMILES string of the molecule is COc1ncc(C)nc1NS(=O)(=O)c1cccc(Cl)c1Cl. The minimum atomic E-state index is -3.96. The van der Waals surface area contributed by atoms with Crippen molar-refractivity contribution in [1.29, 1.82) is 0 Å². The molecule has 0 saturated heterocycles. The zero-order chi connectivity index (χ0) is 15.6. The molecule has 0 atom stereocenters. The number of anilines is 1. The highest BCUT2D eigenvalue weighted by Gasteiger charge is 2.22. The van der Waals surface area contributed by atoms with Crippen molar-refractivity contribution in [2.45, 2.75) is 11.8 Å². The first-order valence-corrected chi connectivity index (χ1v) is 7.93. The Kier molecular flexibility index (Phi) is 4.55. The molecule has 6 nitrogen and oxygen atoms in total. The molecule has 0 aliphatic heterocycles. The smallest absolute Gasteiger partial charge is 0.264 e. The van der Waals surface area contributed by atoms with E-state index in [0.717, 1.165) is 0 Å². The lowest BCUT2D eigenvalue weighted by Gasteiger charge is -2.11. The normalized spacial score (nSPS) is 11.2. The van der Waals surface area contributed by atoms with Gasteiger partial charge in [0.25, 0.3) is 15.9 Å². The minimum absolute atomic E-state index is 0.0199. The average molecular weight is 348 g/mol. The molecule has 2 aromatic rings. The molecule has 1 N–H and O–H groups in total. The van der Waals surface area contributed by atoms with Crippen LogP contribution in [-0.2, 0) is 10.0 Å². The molecule has 2 rings (SSSR count). The number of sulfonamides is 1. The Labute approximate surface area is 132 Å². The summed E-state index contributed by atoms with van der Waals surface area (Å²) in [6.07, 6.45) is 1.46. The van der Waals surface area contributed by atoms with Gasteiger partial charge in [-0.1, -0.05) is 29.3 Å². The monoisotopic (exact) mass is 347 g/mol. The number of hydrogen-bond donors (Lipinski definition) is 1. The molecule has 0 spiro atoms. The second-order valence-electron chi connectivity index (χ2n) is 4.03. The Bertz CT molecular complexity index is 781. The van der Waals surface area contributed by atoms with Crippen LogP contribution in [0.1, 0.15) is 5.69 Å². The number of nitrogens with one attached hydrogen (secondary N) is 1. The molecule has 9 heteroatoms. The number of benzene rings is 1. The predicted octanol–water partition coefficient (Wildman–Crippen LogP) is 2.90. The summed E-state index contributed by atoms with van der Waals surface area (Å²) in [5, 5.41) is 0.0769. The van der Waals surface area contributed by atoms with Gasteiger partial charge in [-0.3, -0.25) is 4.72 Å². The molecule has 0 unspecified atom stereocenters. The zero-order valence-electron chi connectivity index (χ0n) is 11.1. The molecule has 0 aliphatic carbocycles. The third-order valence-corrected chi connectivity index (χ3v) is 4.80. The summed E-state index contributed by atoms with van der Waals surface area (Å²) in [5.74, 6) is 0.0378. The van der Waals surface area contributed by atoms with E-state index >= 15 is 0 Å². The molecule has 0 radical (unpaired) electrons. The van der Waals surface area contributed by atoms with Crippen molar-refractivity contribution in [2.75, 3.05) is 11.8 Å². The number of hydrogen-bond acceptors (Lipinski definition) is 5. The van der Waals surface area contributed by atoms with Crippen molar-refractivity contribution in [3.8, 4) is 5.88 Å². The largest absolute Gasteiger partial charge is 0.478 e. The summed E-state index contributed by atoms with van der Waals surface area (Å²) >= 11 is 11.8. The van der Waals surface area contributed by atoms with Gasteiger partial charge in [-0.2, -0.15) is 0 Å². The maximum Gasteiger partial charge on any atom is 0.264 e. The maximum atomic E-state index is 12.4. The molecule has 1 aromatic carbocycles. The summed E-state index contributed by atoms with van der Waals surface area (Å²) in [5.41, 5.74) is 0.533. The van der Waals surface area contributed by atoms with Gasteiger partial charge in [0.1, 0.15) is 4.90 Å². The van der Waals surface area contributed by atoms with Crippen LogP contribution in [0, 0.1) is 6.92 Å². The number of halogens is 2.